The van der Waals surface area contributed by atoms with Gasteiger partial charge in [0.2, 0.25) is 0 Å². The van der Waals surface area contributed by atoms with Gasteiger partial charge in [0, 0.05) is 11.9 Å². The zero-order valence-corrected chi connectivity index (χ0v) is 8.51. The van der Waals surface area contributed by atoms with Crippen LogP contribution in [0.3, 0.4) is 0 Å². The van der Waals surface area contributed by atoms with Crippen molar-refractivity contribution in [3.63, 3.8) is 0 Å². The predicted molar refractivity (Wildman–Crippen MR) is 56.3 cm³/mol. The maximum absolute atomic E-state index is 9.07. The van der Waals surface area contributed by atoms with Gasteiger partial charge in [0.15, 0.2) is 5.88 Å². The Morgan fingerprint density at radius 3 is 2.73 bits per heavy atom. The van der Waals surface area contributed by atoms with Gasteiger partial charge in [0.25, 0.3) is 0 Å². The van der Waals surface area contributed by atoms with Crippen LogP contribution in [0.4, 0.5) is 0 Å². The molecule has 78 valence electrons. The number of hydrogen-bond donors (Lipinski definition) is 2. The first-order valence-electron chi connectivity index (χ1n) is 4.51. The molecule has 0 saturated carbocycles. The van der Waals surface area contributed by atoms with Crippen LogP contribution in [0, 0.1) is 6.92 Å². The minimum atomic E-state index is -1.51. The third kappa shape index (κ3) is 1.58. The Morgan fingerprint density at radius 2 is 2.13 bits per heavy atom. The number of rotatable bonds is 2. The van der Waals surface area contributed by atoms with E-state index in [2.05, 4.69) is 4.98 Å². The molecule has 5 nitrogen and oxygen atoms in total. The highest BCUT2D eigenvalue weighted by molar-refractivity contribution is 6.58. The van der Waals surface area contributed by atoms with E-state index in [1.807, 2.05) is 6.92 Å². The molecular weight excluding hydrogens is 195 g/mol. The van der Waals surface area contributed by atoms with Crippen LogP contribution in [0.2, 0.25) is 0 Å². The summed E-state index contributed by atoms with van der Waals surface area (Å²) in [6, 6.07) is 3.19. The third-order valence-corrected chi connectivity index (χ3v) is 2.28. The van der Waals surface area contributed by atoms with Crippen molar-refractivity contribution in [3.05, 3.63) is 24.0 Å². The first kappa shape index (κ1) is 10.0. The summed E-state index contributed by atoms with van der Waals surface area (Å²) in [4.78, 5) is 4.13. The minimum absolute atomic E-state index is 0.366. The molecule has 0 amide bonds. The molecule has 2 N–H and O–H groups in total. The Hall–Kier alpha value is -1.53. The molecule has 0 aromatic carbocycles. The lowest BCUT2D eigenvalue weighted by Gasteiger charge is -2.08. The maximum Gasteiger partial charge on any atom is 0.488 e. The number of aryl methyl sites for hydroxylation is 1. The molecule has 0 aliphatic carbocycles. The third-order valence-electron chi connectivity index (χ3n) is 2.28. The largest absolute Gasteiger partial charge is 0.488 e. The number of hydrogen-bond acceptors (Lipinski definition) is 4. The molecule has 2 aromatic rings. The van der Waals surface area contributed by atoms with Gasteiger partial charge in [-0.2, -0.15) is 0 Å². The second-order valence-electron chi connectivity index (χ2n) is 3.30. The van der Waals surface area contributed by atoms with Gasteiger partial charge in [-0.25, -0.2) is 4.98 Å². The van der Waals surface area contributed by atoms with Crippen LogP contribution in [-0.2, 0) is 0 Å². The zero-order chi connectivity index (χ0) is 11.0. The van der Waals surface area contributed by atoms with Crippen LogP contribution in [0.15, 0.2) is 18.3 Å². The van der Waals surface area contributed by atoms with Crippen molar-refractivity contribution in [1.82, 2.24) is 9.38 Å². The van der Waals surface area contributed by atoms with Gasteiger partial charge in [-0.1, -0.05) is 0 Å². The molecule has 0 fully saturated rings. The molecule has 0 aliphatic rings. The lowest BCUT2D eigenvalue weighted by Crippen LogP contribution is -2.30. The summed E-state index contributed by atoms with van der Waals surface area (Å²) in [5, 5.41) is 18.1. The summed E-state index contributed by atoms with van der Waals surface area (Å²) >= 11 is 0. The number of methoxy groups -OCH3 is 1. The molecule has 15 heavy (non-hydrogen) atoms. The van der Waals surface area contributed by atoms with Crippen LogP contribution in [0.25, 0.3) is 5.65 Å². The number of nitrogens with zero attached hydrogens (tertiary/aromatic N) is 2. The first-order valence-corrected chi connectivity index (χ1v) is 4.51. The zero-order valence-electron chi connectivity index (χ0n) is 8.51. The van der Waals surface area contributed by atoms with Crippen LogP contribution >= 0.6 is 0 Å². The smallest absolute Gasteiger partial charge is 0.482 e. The highest BCUT2D eigenvalue weighted by atomic mass is 16.5. The first-order chi connectivity index (χ1) is 7.13. The molecule has 6 heteroatoms. The van der Waals surface area contributed by atoms with E-state index in [1.54, 1.807) is 22.7 Å². The molecule has 0 bridgehead atoms. The molecule has 2 aromatic heterocycles. The van der Waals surface area contributed by atoms with E-state index in [0.29, 0.717) is 17.0 Å². The van der Waals surface area contributed by atoms with Crippen molar-refractivity contribution in [1.29, 1.82) is 0 Å². The van der Waals surface area contributed by atoms with Crippen LogP contribution < -0.4 is 10.2 Å². The Kier molecular flexibility index (Phi) is 2.38. The van der Waals surface area contributed by atoms with Crippen molar-refractivity contribution >= 4 is 18.2 Å². The van der Waals surface area contributed by atoms with Gasteiger partial charge >= 0.3 is 7.12 Å². The standard InChI is InChI=1S/C9H11BN2O3/c1-6-5-11-8-3-7(10(13)14)4-9(15-2)12(6)8/h3-5,13-14H,1-2H3. The van der Waals surface area contributed by atoms with Crippen molar-refractivity contribution in [2.75, 3.05) is 7.11 Å². The summed E-state index contributed by atoms with van der Waals surface area (Å²) in [6.07, 6.45) is 1.70. The highest BCUT2D eigenvalue weighted by Crippen LogP contribution is 2.15. The lowest BCUT2D eigenvalue weighted by atomic mass is 9.81. The molecule has 0 aliphatic heterocycles. The maximum atomic E-state index is 9.07. The Bertz CT molecular complexity index is 495. The summed E-state index contributed by atoms with van der Waals surface area (Å²) in [6.45, 7) is 1.90. The van der Waals surface area contributed by atoms with Crippen LogP contribution in [-0.4, -0.2) is 33.7 Å². The van der Waals surface area contributed by atoms with Gasteiger partial charge < -0.3 is 14.8 Å². The molecular formula is C9H11BN2O3. The molecule has 0 saturated heterocycles. The number of ether oxygens (including phenoxy) is 1. The van der Waals surface area contributed by atoms with Gasteiger partial charge in [-0.15, -0.1) is 0 Å². The number of fused-ring (bicyclic) bond motifs is 1. The van der Waals surface area contributed by atoms with Gasteiger partial charge in [0.05, 0.1) is 7.11 Å². The molecule has 0 radical (unpaired) electrons. The number of aromatic nitrogens is 2. The van der Waals surface area contributed by atoms with Crippen molar-refractivity contribution in [2.45, 2.75) is 6.92 Å². The fourth-order valence-electron chi connectivity index (χ4n) is 1.54. The van der Waals surface area contributed by atoms with Crippen LogP contribution in [0.5, 0.6) is 5.88 Å². The van der Waals surface area contributed by atoms with E-state index in [4.69, 9.17) is 14.8 Å². The topological polar surface area (TPSA) is 67.0 Å². The van der Waals surface area contributed by atoms with E-state index in [1.165, 1.54) is 7.11 Å². The molecule has 0 unspecified atom stereocenters. The summed E-state index contributed by atoms with van der Waals surface area (Å²) in [5.74, 6) is 0.533. The second-order valence-corrected chi connectivity index (χ2v) is 3.30. The Labute approximate surface area is 87.1 Å². The monoisotopic (exact) mass is 206 g/mol. The molecule has 2 rings (SSSR count). The summed E-state index contributed by atoms with van der Waals surface area (Å²) in [7, 11) is 0.0165. The summed E-state index contributed by atoms with van der Waals surface area (Å²) < 4.78 is 6.96. The fraction of sp³-hybridized carbons (Fsp3) is 0.222. The minimum Gasteiger partial charge on any atom is -0.482 e. The molecule has 0 spiro atoms. The predicted octanol–water partition coefficient (Wildman–Crippen LogP) is -0.669. The van der Waals surface area contributed by atoms with Gasteiger partial charge in [-0.3, -0.25) is 4.40 Å². The highest BCUT2D eigenvalue weighted by Gasteiger charge is 2.15. The van der Waals surface area contributed by atoms with Crippen molar-refractivity contribution < 1.29 is 14.8 Å². The van der Waals surface area contributed by atoms with Gasteiger partial charge in [-0.05, 0) is 24.5 Å². The fourth-order valence-corrected chi connectivity index (χ4v) is 1.54. The summed E-state index contributed by atoms with van der Waals surface area (Å²) in [5.41, 5.74) is 1.93. The van der Waals surface area contributed by atoms with E-state index in [9.17, 15) is 0 Å². The van der Waals surface area contributed by atoms with E-state index < -0.39 is 7.12 Å². The number of pyridine rings is 1. The quantitative estimate of drug-likeness (QED) is 0.639. The van der Waals surface area contributed by atoms with E-state index in [-0.39, 0.29) is 0 Å². The van der Waals surface area contributed by atoms with Crippen molar-refractivity contribution in [3.8, 4) is 5.88 Å². The van der Waals surface area contributed by atoms with Crippen molar-refractivity contribution in [2.24, 2.45) is 0 Å². The Morgan fingerprint density at radius 1 is 1.40 bits per heavy atom. The number of imidazole rings is 1. The molecule has 2 heterocycles. The lowest BCUT2D eigenvalue weighted by molar-refractivity contribution is 0.390. The van der Waals surface area contributed by atoms with Crippen LogP contribution in [0.1, 0.15) is 5.69 Å². The Balaban J connectivity index is 2.73. The average Bonchev–Trinajstić information content (AvgIpc) is 2.59. The van der Waals surface area contributed by atoms with Gasteiger partial charge in [0.1, 0.15) is 5.65 Å². The average molecular weight is 206 g/mol. The SMILES string of the molecule is COc1cc(B(O)O)cc2ncc(C)n12. The second kappa shape index (κ2) is 3.56. The van der Waals surface area contributed by atoms with E-state index >= 15 is 0 Å². The molecule has 0 atom stereocenters. The van der Waals surface area contributed by atoms with E-state index in [0.717, 1.165) is 5.69 Å². The normalized spacial score (nSPS) is 10.7.